The van der Waals surface area contributed by atoms with Gasteiger partial charge in [-0.25, -0.2) is 4.79 Å². The Morgan fingerprint density at radius 1 is 1.04 bits per heavy atom. The fraction of sp³-hybridized carbons (Fsp3) is 0.778. The molecule has 9 nitrogen and oxygen atoms in total. The highest BCUT2D eigenvalue weighted by Crippen LogP contribution is 2.49. The molecule has 0 radical (unpaired) electrons. The van der Waals surface area contributed by atoms with E-state index < -0.39 is 25.2 Å². The van der Waals surface area contributed by atoms with Crippen molar-refractivity contribution in [1.82, 2.24) is 0 Å². The minimum absolute atomic E-state index is 0.0194. The van der Waals surface area contributed by atoms with Crippen LogP contribution in [0.2, 0.25) is 0 Å². The number of likely N-dealkylation sites (N-methyl/N-ethyl adjacent to an activating group) is 1. The first kappa shape index (κ1) is 27.1. The average Bonchev–Trinajstić information content (AvgIpc) is 2.59. The number of nitrogens with zero attached hydrogens (tertiary/aromatic N) is 1. The minimum atomic E-state index is -2.81. The molecule has 1 unspecified atom stereocenters. The molecule has 0 rings (SSSR count). The van der Waals surface area contributed by atoms with Gasteiger partial charge in [0.25, 0.3) is 5.48 Å². The lowest BCUT2D eigenvalue weighted by Crippen LogP contribution is -2.63. The monoisotopic (exact) mass is 424 g/mol. The van der Waals surface area contributed by atoms with E-state index in [0.29, 0.717) is 4.48 Å². The quantitative estimate of drug-likeness (QED) is 0.145. The summed E-state index contributed by atoms with van der Waals surface area (Å²) in [5.41, 5.74) is -2.61. The molecule has 0 amide bonds. The van der Waals surface area contributed by atoms with Gasteiger partial charge in [0.1, 0.15) is 0 Å². The van der Waals surface area contributed by atoms with Crippen molar-refractivity contribution < 1.29 is 43.0 Å². The standard InChI is InChI=1S/C18H34NO8P/c1-9-15(20)27-17(23-10-2,24-11-3)18(25-12-4,26-13-5)28(22)16(21)14-19(6,7)8/h9H,1,10-14H2,2-8H3/p+1. The van der Waals surface area contributed by atoms with E-state index in [1.807, 2.05) is 21.1 Å². The molecule has 28 heavy (non-hydrogen) atoms. The maximum atomic E-state index is 13.5. The number of carbonyl (C=O) groups excluding carboxylic acids is 1. The molecule has 0 saturated heterocycles. The van der Waals surface area contributed by atoms with E-state index in [0.717, 1.165) is 6.08 Å². The number of hydrogen-bond donors (Lipinski definition) is 1. The second-order valence-corrected chi connectivity index (χ2v) is 8.35. The van der Waals surface area contributed by atoms with E-state index in [-0.39, 0.29) is 38.5 Å². The van der Waals surface area contributed by atoms with Crippen molar-refractivity contribution >= 4 is 19.2 Å². The summed E-state index contributed by atoms with van der Waals surface area (Å²) in [6.07, 6.45) is 0.915. The van der Waals surface area contributed by atoms with E-state index in [1.165, 1.54) is 0 Å². The summed E-state index contributed by atoms with van der Waals surface area (Å²) >= 11 is 0. The third kappa shape index (κ3) is 6.86. The maximum absolute atomic E-state index is 13.5. The topological polar surface area (TPSA) is 107 Å². The van der Waals surface area contributed by atoms with E-state index in [2.05, 4.69) is 6.58 Å². The van der Waals surface area contributed by atoms with Crippen molar-refractivity contribution in [2.45, 2.75) is 39.2 Å². The molecule has 0 bridgehead atoms. The van der Waals surface area contributed by atoms with Crippen LogP contribution in [0.1, 0.15) is 27.7 Å². The van der Waals surface area contributed by atoms with Gasteiger partial charge in [-0.05, 0) is 27.7 Å². The predicted molar refractivity (Wildman–Crippen MR) is 105 cm³/mol. The molecule has 0 aliphatic carbocycles. The van der Waals surface area contributed by atoms with Crippen molar-refractivity contribution in [3.8, 4) is 0 Å². The van der Waals surface area contributed by atoms with Crippen molar-refractivity contribution in [2.24, 2.45) is 0 Å². The first-order chi connectivity index (χ1) is 13.0. The van der Waals surface area contributed by atoms with Crippen LogP contribution >= 0.6 is 7.77 Å². The maximum Gasteiger partial charge on any atom is 0.435 e. The first-order valence-corrected chi connectivity index (χ1v) is 10.5. The summed E-state index contributed by atoms with van der Waals surface area (Å²) in [7, 11) is 2.64. The molecule has 0 aliphatic heterocycles. The van der Waals surface area contributed by atoms with Crippen molar-refractivity contribution in [3.63, 3.8) is 0 Å². The number of rotatable bonds is 14. The Kier molecular flexibility index (Phi) is 11.6. The molecular weight excluding hydrogens is 389 g/mol. The van der Waals surface area contributed by atoms with Gasteiger partial charge in [0.15, 0.2) is 14.3 Å². The van der Waals surface area contributed by atoms with Gasteiger partial charge in [0.05, 0.1) is 47.6 Å². The van der Waals surface area contributed by atoms with Crippen LogP contribution < -0.4 is 4.89 Å². The Balaban J connectivity index is 6.82. The average molecular weight is 424 g/mol. The van der Waals surface area contributed by atoms with E-state index >= 15 is 0 Å². The molecule has 0 saturated carbocycles. The summed E-state index contributed by atoms with van der Waals surface area (Å²) in [6, 6.07) is 0. The smallest absolute Gasteiger partial charge is 0.435 e. The zero-order valence-corrected chi connectivity index (χ0v) is 18.9. The van der Waals surface area contributed by atoms with Gasteiger partial charge >= 0.3 is 17.5 Å². The molecule has 1 N–H and O–H groups in total. The van der Waals surface area contributed by atoms with Crippen LogP contribution in [0.5, 0.6) is 0 Å². The second-order valence-electron chi connectivity index (χ2n) is 6.65. The van der Waals surface area contributed by atoms with Gasteiger partial charge in [-0.15, -0.1) is 0 Å². The molecule has 0 aromatic carbocycles. The Labute approximate surface area is 168 Å². The first-order valence-electron chi connectivity index (χ1n) is 9.22. The number of ether oxygens (including phenoxy) is 5. The van der Waals surface area contributed by atoms with Gasteiger partial charge in [0, 0.05) is 6.08 Å². The summed E-state index contributed by atoms with van der Waals surface area (Å²) in [4.78, 5) is 25.6. The summed E-state index contributed by atoms with van der Waals surface area (Å²) in [5.74, 6) is -3.21. The third-order valence-electron chi connectivity index (χ3n) is 3.25. The Morgan fingerprint density at radius 3 is 1.79 bits per heavy atom. The molecule has 164 valence electrons. The number of aliphatic hydroxyl groups is 1. The van der Waals surface area contributed by atoms with Crippen LogP contribution in [0.3, 0.4) is 0 Å². The summed E-state index contributed by atoms with van der Waals surface area (Å²) < 4.78 is 28.4. The SMILES string of the molecule is C=CC(=O)OC(OCC)(OCC)C(OCC)(OCC)/[P+]([O-])=C(\O)C[N+](C)(C)C. The lowest BCUT2D eigenvalue weighted by Gasteiger charge is -2.42. The van der Waals surface area contributed by atoms with Crippen LogP contribution in [-0.4, -0.2) is 86.7 Å². The van der Waals surface area contributed by atoms with Gasteiger partial charge in [0.2, 0.25) is 0 Å². The summed E-state index contributed by atoms with van der Waals surface area (Å²) in [5, 5.41) is 10.6. The highest BCUT2D eigenvalue weighted by atomic mass is 31.1. The number of quaternary nitrogens is 1. The molecule has 0 aromatic heterocycles. The Morgan fingerprint density at radius 2 is 1.46 bits per heavy atom. The minimum Gasteiger partial charge on any atom is -0.624 e. The molecule has 0 fully saturated rings. The number of esters is 1. The van der Waals surface area contributed by atoms with Gasteiger partial charge in [-0.1, -0.05) is 6.58 Å². The largest absolute Gasteiger partial charge is 0.624 e. The molecule has 0 heterocycles. The number of hydrogen-bond acceptors (Lipinski definition) is 7. The number of carbonyl (C=O) groups is 1. The molecular formula is C18H35NO8P+. The molecule has 1 atom stereocenters. The van der Waals surface area contributed by atoms with Crippen LogP contribution in [0.4, 0.5) is 0 Å². The molecule has 0 spiro atoms. The van der Waals surface area contributed by atoms with Gasteiger partial charge in [-0.3, -0.25) is 0 Å². The van der Waals surface area contributed by atoms with E-state index in [4.69, 9.17) is 23.7 Å². The Bertz CT molecular complexity index is 532. The molecule has 0 aromatic rings. The van der Waals surface area contributed by atoms with Crippen LogP contribution in [0.25, 0.3) is 0 Å². The highest BCUT2D eigenvalue weighted by molar-refractivity contribution is 7.52. The highest BCUT2D eigenvalue weighted by Gasteiger charge is 2.69. The lowest BCUT2D eigenvalue weighted by molar-refractivity contribution is -0.861. The van der Waals surface area contributed by atoms with Crippen molar-refractivity contribution in [2.75, 3.05) is 54.1 Å². The van der Waals surface area contributed by atoms with Gasteiger partial charge < -0.3 is 38.2 Å². The van der Waals surface area contributed by atoms with Gasteiger partial charge in [-0.2, -0.15) is 0 Å². The summed E-state index contributed by atoms with van der Waals surface area (Å²) in [6.45, 7) is 10.1. The third-order valence-corrected chi connectivity index (χ3v) is 4.93. The Hall–Kier alpha value is -0.900. The molecule has 10 heteroatoms. The fourth-order valence-corrected chi connectivity index (χ4v) is 4.22. The zero-order valence-electron chi connectivity index (χ0n) is 18.0. The predicted octanol–water partition coefficient (Wildman–Crippen LogP) is 1.14. The van der Waals surface area contributed by atoms with Crippen LogP contribution in [0.15, 0.2) is 12.7 Å². The number of aliphatic hydroxyl groups excluding tert-OH is 1. The van der Waals surface area contributed by atoms with Crippen LogP contribution in [-0.2, 0) is 28.5 Å². The fourth-order valence-electron chi connectivity index (χ4n) is 2.41. The van der Waals surface area contributed by atoms with E-state index in [9.17, 15) is 14.8 Å². The molecule has 0 aliphatic rings. The van der Waals surface area contributed by atoms with Crippen molar-refractivity contribution in [3.05, 3.63) is 12.7 Å². The van der Waals surface area contributed by atoms with Crippen LogP contribution in [0, 0.1) is 0 Å². The van der Waals surface area contributed by atoms with E-state index in [1.54, 1.807) is 27.7 Å². The lowest BCUT2D eigenvalue weighted by atomic mass is 10.4. The van der Waals surface area contributed by atoms with Crippen molar-refractivity contribution in [1.29, 1.82) is 0 Å². The second kappa shape index (κ2) is 11.9. The zero-order chi connectivity index (χ0) is 22.0. The normalized spacial score (nSPS) is 13.9.